The molecule has 6 nitrogen and oxygen atoms in total. The van der Waals surface area contributed by atoms with Crippen LogP contribution in [0, 0.1) is 5.92 Å². The summed E-state index contributed by atoms with van der Waals surface area (Å²) in [7, 11) is 1.28. The molecule has 1 rings (SSSR count). The number of amides is 1. The van der Waals surface area contributed by atoms with E-state index in [0.717, 1.165) is 0 Å². The lowest BCUT2D eigenvalue weighted by Gasteiger charge is -2.23. The predicted octanol–water partition coefficient (Wildman–Crippen LogP) is 2.15. The number of ketones is 1. The van der Waals surface area contributed by atoms with Gasteiger partial charge in [0.25, 0.3) is 0 Å². The van der Waals surface area contributed by atoms with E-state index in [-0.39, 0.29) is 17.0 Å². The zero-order chi connectivity index (χ0) is 16.9. The monoisotopic (exact) mass is 331 g/mol. The van der Waals surface area contributed by atoms with Gasteiger partial charge in [0.05, 0.1) is 7.11 Å². The van der Waals surface area contributed by atoms with E-state index in [2.05, 4.69) is 5.32 Å². The Labute approximate surface area is 135 Å². The first-order chi connectivity index (χ1) is 10.1. The summed E-state index contributed by atoms with van der Waals surface area (Å²) in [5.74, 6) is 0.376. The highest BCUT2D eigenvalue weighted by molar-refractivity contribution is 8.00. The van der Waals surface area contributed by atoms with Gasteiger partial charge in [-0.2, -0.15) is 11.8 Å². The highest BCUT2D eigenvalue weighted by Crippen LogP contribution is 2.33. The van der Waals surface area contributed by atoms with E-state index in [1.165, 1.54) is 18.9 Å². The van der Waals surface area contributed by atoms with E-state index in [9.17, 15) is 14.4 Å². The number of carbonyl (C=O) groups excluding carboxylic acids is 3. The summed E-state index contributed by atoms with van der Waals surface area (Å²) in [6.07, 6.45) is 0.450. The van der Waals surface area contributed by atoms with Crippen molar-refractivity contribution in [2.45, 2.75) is 57.4 Å². The van der Waals surface area contributed by atoms with Gasteiger partial charge >= 0.3 is 12.1 Å². The molecule has 1 aliphatic carbocycles. The molecular formula is C15H25NO5S. The van der Waals surface area contributed by atoms with Gasteiger partial charge in [-0.25, -0.2) is 9.59 Å². The van der Waals surface area contributed by atoms with Crippen molar-refractivity contribution in [3.05, 3.63) is 0 Å². The lowest BCUT2D eigenvalue weighted by molar-refractivity contribution is -0.142. The molecule has 1 amide bonds. The molecule has 0 aromatic heterocycles. The third-order valence-corrected chi connectivity index (χ3v) is 4.85. The summed E-state index contributed by atoms with van der Waals surface area (Å²) < 4.78 is 9.87. The van der Waals surface area contributed by atoms with Crippen LogP contribution in [-0.4, -0.2) is 47.6 Å². The topological polar surface area (TPSA) is 81.7 Å². The summed E-state index contributed by atoms with van der Waals surface area (Å²) in [6.45, 7) is 7.28. The van der Waals surface area contributed by atoms with Crippen molar-refractivity contribution >= 4 is 29.6 Å². The maximum absolute atomic E-state index is 11.8. The number of Topliss-reactive ketones (excluding diaryl/α,β-unsaturated/α-hetero) is 1. The summed E-state index contributed by atoms with van der Waals surface area (Å²) >= 11 is 1.52. The van der Waals surface area contributed by atoms with E-state index in [4.69, 9.17) is 9.47 Å². The van der Waals surface area contributed by atoms with Gasteiger partial charge in [0.2, 0.25) is 0 Å². The standard InChI is InChI=1S/C15H25NO5S/c1-9-6-10(17)7-12(9)22-8-11(13(18)20-5)16-14(19)21-15(2,3)4/h9,11-12H,6-8H2,1-5H3,(H,16,19)/t9-,11+,12-/m1/s1. The van der Waals surface area contributed by atoms with E-state index in [1.807, 2.05) is 6.92 Å². The first-order valence-corrected chi connectivity index (χ1v) is 8.38. The summed E-state index contributed by atoms with van der Waals surface area (Å²) in [5.41, 5.74) is -0.635. The quantitative estimate of drug-likeness (QED) is 0.777. The SMILES string of the molecule is COC(=O)[C@H](CS[C@@H]1CC(=O)C[C@H]1C)NC(=O)OC(C)(C)C. The molecule has 0 aromatic carbocycles. The van der Waals surface area contributed by atoms with Crippen molar-refractivity contribution in [2.24, 2.45) is 5.92 Å². The minimum atomic E-state index is -0.784. The number of ether oxygens (including phenoxy) is 2. The number of rotatable bonds is 5. The Bertz CT molecular complexity index is 432. The molecule has 1 N–H and O–H groups in total. The second kappa shape index (κ2) is 7.85. The molecule has 0 heterocycles. The highest BCUT2D eigenvalue weighted by atomic mass is 32.2. The van der Waals surface area contributed by atoms with E-state index in [0.29, 0.717) is 18.6 Å². The van der Waals surface area contributed by atoms with Gasteiger partial charge in [-0.3, -0.25) is 4.79 Å². The molecule has 0 aromatic rings. The van der Waals surface area contributed by atoms with Crippen molar-refractivity contribution in [2.75, 3.05) is 12.9 Å². The molecule has 0 bridgehead atoms. The Morgan fingerprint density at radius 2 is 2.00 bits per heavy atom. The van der Waals surface area contributed by atoms with Crippen LogP contribution in [-0.2, 0) is 19.1 Å². The molecule has 1 saturated carbocycles. The van der Waals surface area contributed by atoms with Crippen molar-refractivity contribution in [3.8, 4) is 0 Å². The van der Waals surface area contributed by atoms with Crippen LogP contribution in [0.1, 0.15) is 40.5 Å². The van der Waals surface area contributed by atoms with Crippen LogP contribution in [0.4, 0.5) is 4.79 Å². The lowest BCUT2D eigenvalue weighted by atomic mass is 10.1. The van der Waals surface area contributed by atoms with Crippen molar-refractivity contribution < 1.29 is 23.9 Å². The molecule has 126 valence electrons. The van der Waals surface area contributed by atoms with Crippen molar-refractivity contribution in [1.29, 1.82) is 0 Å². The highest BCUT2D eigenvalue weighted by Gasteiger charge is 2.32. The Balaban J connectivity index is 2.56. The minimum Gasteiger partial charge on any atom is -0.467 e. The van der Waals surface area contributed by atoms with Gasteiger partial charge in [-0.15, -0.1) is 0 Å². The molecule has 7 heteroatoms. The maximum atomic E-state index is 11.8. The molecule has 1 aliphatic rings. The zero-order valence-corrected chi connectivity index (χ0v) is 14.6. The van der Waals surface area contributed by atoms with Gasteiger partial charge in [0.1, 0.15) is 17.4 Å². The number of hydrogen-bond donors (Lipinski definition) is 1. The van der Waals surface area contributed by atoms with Crippen LogP contribution >= 0.6 is 11.8 Å². The molecule has 0 radical (unpaired) electrons. The third-order valence-electron chi connectivity index (χ3n) is 3.27. The fourth-order valence-corrected chi connectivity index (χ4v) is 3.59. The lowest BCUT2D eigenvalue weighted by Crippen LogP contribution is -2.45. The number of carbonyl (C=O) groups is 3. The fraction of sp³-hybridized carbons (Fsp3) is 0.800. The fourth-order valence-electron chi connectivity index (χ4n) is 2.20. The molecule has 0 spiro atoms. The number of esters is 1. The molecule has 1 fully saturated rings. The number of nitrogens with one attached hydrogen (secondary N) is 1. The van der Waals surface area contributed by atoms with E-state index < -0.39 is 23.7 Å². The van der Waals surface area contributed by atoms with Crippen LogP contribution < -0.4 is 5.32 Å². The van der Waals surface area contributed by atoms with Crippen molar-refractivity contribution in [1.82, 2.24) is 5.32 Å². The molecule has 0 saturated heterocycles. The molecule has 0 unspecified atom stereocenters. The van der Waals surface area contributed by atoms with Gasteiger partial charge in [-0.05, 0) is 26.7 Å². The van der Waals surface area contributed by atoms with Crippen LogP contribution in [0.25, 0.3) is 0 Å². The minimum absolute atomic E-state index is 0.181. The number of thioether (sulfide) groups is 1. The number of hydrogen-bond acceptors (Lipinski definition) is 6. The summed E-state index contributed by atoms with van der Waals surface area (Å²) in [4.78, 5) is 35.0. The Morgan fingerprint density at radius 3 is 2.45 bits per heavy atom. The van der Waals surface area contributed by atoms with Crippen LogP contribution in [0.5, 0.6) is 0 Å². The Morgan fingerprint density at radius 1 is 1.36 bits per heavy atom. The van der Waals surface area contributed by atoms with Crippen LogP contribution in [0.15, 0.2) is 0 Å². The Kier molecular flexibility index (Phi) is 6.71. The third kappa shape index (κ3) is 6.25. The first-order valence-electron chi connectivity index (χ1n) is 7.33. The van der Waals surface area contributed by atoms with Gasteiger partial charge in [-0.1, -0.05) is 6.92 Å². The summed E-state index contributed by atoms with van der Waals surface area (Å²) in [6, 6.07) is -0.784. The Hall–Kier alpha value is -1.24. The second-order valence-corrected chi connectivity index (χ2v) is 7.79. The van der Waals surface area contributed by atoms with E-state index >= 15 is 0 Å². The normalized spacial score (nSPS) is 23.0. The molecule has 3 atom stereocenters. The predicted molar refractivity (Wildman–Crippen MR) is 84.8 cm³/mol. The number of methoxy groups -OCH3 is 1. The maximum Gasteiger partial charge on any atom is 0.408 e. The number of alkyl carbamates (subject to hydrolysis) is 1. The zero-order valence-electron chi connectivity index (χ0n) is 13.8. The van der Waals surface area contributed by atoms with Gasteiger partial charge in [0.15, 0.2) is 0 Å². The van der Waals surface area contributed by atoms with Gasteiger partial charge in [0, 0.05) is 23.8 Å². The van der Waals surface area contributed by atoms with Crippen LogP contribution in [0.3, 0.4) is 0 Å². The largest absolute Gasteiger partial charge is 0.467 e. The average Bonchev–Trinajstić information content (AvgIpc) is 2.69. The average molecular weight is 331 g/mol. The smallest absolute Gasteiger partial charge is 0.408 e. The van der Waals surface area contributed by atoms with Crippen molar-refractivity contribution in [3.63, 3.8) is 0 Å². The van der Waals surface area contributed by atoms with E-state index in [1.54, 1.807) is 20.8 Å². The second-order valence-electron chi connectivity index (χ2n) is 6.52. The molecule has 0 aliphatic heterocycles. The first kappa shape index (κ1) is 18.8. The van der Waals surface area contributed by atoms with Gasteiger partial charge < -0.3 is 14.8 Å². The molecule has 22 heavy (non-hydrogen) atoms. The summed E-state index contributed by atoms with van der Waals surface area (Å²) in [5, 5.41) is 2.71. The van der Waals surface area contributed by atoms with Crippen LogP contribution in [0.2, 0.25) is 0 Å². The molecular weight excluding hydrogens is 306 g/mol.